The van der Waals surface area contributed by atoms with Crippen molar-refractivity contribution in [3.05, 3.63) is 0 Å². The second kappa shape index (κ2) is 2.59. The molecular formula is C9H14O2. The number of hydrogen-bond acceptors (Lipinski definition) is 2. The van der Waals surface area contributed by atoms with Gasteiger partial charge >= 0.3 is 0 Å². The summed E-state index contributed by atoms with van der Waals surface area (Å²) in [6.07, 6.45) is 4.42. The minimum Gasteiger partial charge on any atom is -0.374 e. The maximum Gasteiger partial charge on any atom is 0.141 e. The van der Waals surface area contributed by atoms with Gasteiger partial charge in [-0.25, -0.2) is 0 Å². The van der Waals surface area contributed by atoms with Crippen molar-refractivity contribution in [2.45, 2.75) is 44.8 Å². The van der Waals surface area contributed by atoms with Crippen molar-refractivity contribution in [1.82, 2.24) is 0 Å². The van der Waals surface area contributed by atoms with Crippen LogP contribution in [0, 0.1) is 5.92 Å². The molecule has 0 aromatic heterocycles. The van der Waals surface area contributed by atoms with Gasteiger partial charge in [-0.2, -0.15) is 0 Å². The van der Waals surface area contributed by atoms with E-state index in [9.17, 15) is 4.79 Å². The van der Waals surface area contributed by atoms with E-state index in [0.29, 0.717) is 12.2 Å². The number of carbonyl (C=O) groups is 1. The van der Waals surface area contributed by atoms with Crippen LogP contribution < -0.4 is 0 Å². The fraction of sp³-hybridized carbons (Fsp3) is 0.889. The highest BCUT2D eigenvalue weighted by molar-refractivity contribution is 5.82. The van der Waals surface area contributed by atoms with E-state index in [4.69, 9.17) is 4.74 Å². The zero-order valence-corrected chi connectivity index (χ0v) is 6.88. The number of carbonyl (C=O) groups excluding carboxylic acids is 1. The topological polar surface area (TPSA) is 26.3 Å². The molecule has 0 spiro atoms. The SMILES string of the molecule is C[C@@H]1CC(=O)[C@@H]2CCC[C@@H]2O1. The highest BCUT2D eigenvalue weighted by Gasteiger charge is 2.38. The Bertz CT molecular complexity index is 176. The number of rotatable bonds is 0. The molecule has 1 aliphatic heterocycles. The van der Waals surface area contributed by atoms with Crippen LogP contribution in [-0.2, 0) is 9.53 Å². The first-order valence-corrected chi connectivity index (χ1v) is 4.45. The summed E-state index contributed by atoms with van der Waals surface area (Å²) in [7, 11) is 0. The highest BCUT2D eigenvalue weighted by Crippen LogP contribution is 2.34. The first-order valence-electron chi connectivity index (χ1n) is 4.45. The predicted octanol–water partition coefficient (Wildman–Crippen LogP) is 1.53. The number of ketones is 1. The molecule has 0 amide bonds. The Kier molecular flexibility index (Phi) is 1.72. The summed E-state index contributed by atoms with van der Waals surface area (Å²) in [6, 6.07) is 0. The summed E-state index contributed by atoms with van der Waals surface area (Å²) >= 11 is 0. The fourth-order valence-corrected chi connectivity index (χ4v) is 2.24. The molecule has 3 atom stereocenters. The molecule has 0 aromatic rings. The zero-order valence-electron chi connectivity index (χ0n) is 6.88. The Morgan fingerprint density at radius 3 is 3.09 bits per heavy atom. The number of ether oxygens (including phenoxy) is 1. The Labute approximate surface area is 66.9 Å². The largest absolute Gasteiger partial charge is 0.374 e. The molecule has 2 aliphatic rings. The standard InChI is InChI=1S/C9H14O2/c1-6-5-8(10)7-3-2-4-9(7)11-6/h6-7,9H,2-5H2,1H3/t6-,7+,9+/m1/s1. The molecule has 1 saturated carbocycles. The van der Waals surface area contributed by atoms with Gasteiger partial charge in [0.15, 0.2) is 0 Å². The molecule has 1 aliphatic carbocycles. The minimum absolute atomic E-state index is 0.168. The molecule has 1 saturated heterocycles. The highest BCUT2D eigenvalue weighted by atomic mass is 16.5. The monoisotopic (exact) mass is 154 g/mol. The van der Waals surface area contributed by atoms with Crippen LogP contribution >= 0.6 is 0 Å². The maximum absolute atomic E-state index is 11.4. The van der Waals surface area contributed by atoms with Crippen LogP contribution in [0.5, 0.6) is 0 Å². The molecule has 1 heterocycles. The smallest absolute Gasteiger partial charge is 0.141 e. The molecule has 2 heteroatoms. The Balaban J connectivity index is 2.10. The van der Waals surface area contributed by atoms with E-state index in [2.05, 4.69) is 0 Å². The average molecular weight is 154 g/mol. The molecule has 0 aromatic carbocycles. The summed E-state index contributed by atoms with van der Waals surface area (Å²) in [6.45, 7) is 1.99. The third kappa shape index (κ3) is 1.20. The molecule has 62 valence electrons. The fourth-order valence-electron chi connectivity index (χ4n) is 2.24. The Hall–Kier alpha value is -0.370. The molecule has 0 bridgehead atoms. The molecule has 0 unspecified atom stereocenters. The molecule has 2 nitrogen and oxygen atoms in total. The van der Waals surface area contributed by atoms with Crippen LogP contribution in [0.15, 0.2) is 0 Å². The first kappa shape index (κ1) is 7.29. The summed E-state index contributed by atoms with van der Waals surface area (Å²) in [4.78, 5) is 11.4. The van der Waals surface area contributed by atoms with Crippen molar-refractivity contribution in [2.24, 2.45) is 5.92 Å². The van der Waals surface area contributed by atoms with Crippen LogP contribution in [-0.4, -0.2) is 18.0 Å². The van der Waals surface area contributed by atoms with Crippen molar-refractivity contribution in [1.29, 1.82) is 0 Å². The van der Waals surface area contributed by atoms with E-state index in [1.807, 2.05) is 6.92 Å². The van der Waals surface area contributed by atoms with Crippen LogP contribution in [0.4, 0.5) is 0 Å². The molecule has 2 rings (SSSR count). The van der Waals surface area contributed by atoms with Crippen molar-refractivity contribution in [3.63, 3.8) is 0 Å². The van der Waals surface area contributed by atoms with Gasteiger partial charge in [-0.3, -0.25) is 4.79 Å². The summed E-state index contributed by atoms with van der Waals surface area (Å²) in [5, 5.41) is 0. The third-order valence-corrected chi connectivity index (χ3v) is 2.76. The molecular weight excluding hydrogens is 140 g/mol. The van der Waals surface area contributed by atoms with E-state index < -0.39 is 0 Å². The Morgan fingerprint density at radius 1 is 1.45 bits per heavy atom. The lowest BCUT2D eigenvalue weighted by molar-refractivity contribution is -0.141. The van der Waals surface area contributed by atoms with Crippen molar-refractivity contribution in [2.75, 3.05) is 0 Å². The molecule has 0 radical (unpaired) electrons. The number of fused-ring (bicyclic) bond motifs is 1. The summed E-state index contributed by atoms with van der Waals surface area (Å²) in [5.41, 5.74) is 0. The minimum atomic E-state index is 0.168. The van der Waals surface area contributed by atoms with Crippen molar-refractivity contribution < 1.29 is 9.53 Å². The summed E-state index contributed by atoms with van der Waals surface area (Å²) < 4.78 is 5.66. The normalized spacial score (nSPS) is 44.1. The lowest BCUT2D eigenvalue weighted by Crippen LogP contribution is -2.36. The number of Topliss-reactive ketones (excluding diaryl/α,β-unsaturated/α-hetero) is 1. The first-order chi connectivity index (χ1) is 5.27. The lowest BCUT2D eigenvalue weighted by Gasteiger charge is -2.29. The van der Waals surface area contributed by atoms with E-state index in [-0.39, 0.29) is 18.1 Å². The van der Waals surface area contributed by atoms with Crippen LogP contribution in [0.25, 0.3) is 0 Å². The Morgan fingerprint density at radius 2 is 2.27 bits per heavy atom. The van der Waals surface area contributed by atoms with Crippen molar-refractivity contribution >= 4 is 5.78 Å². The van der Waals surface area contributed by atoms with Crippen LogP contribution in [0.1, 0.15) is 32.6 Å². The third-order valence-electron chi connectivity index (χ3n) is 2.76. The maximum atomic E-state index is 11.4. The molecule has 11 heavy (non-hydrogen) atoms. The van der Waals surface area contributed by atoms with E-state index in [1.54, 1.807) is 0 Å². The second-order valence-corrected chi connectivity index (χ2v) is 3.69. The number of hydrogen-bond donors (Lipinski definition) is 0. The zero-order chi connectivity index (χ0) is 7.84. The van der Waals surface area contributed by atoms with Gasteiger partial charge < -0.3 is 4.74 Å². The molecule has 2 fully saturated rings. The quantitative estimate of drug-likeness (QED) is 0.529. The van der Waals surface area contributed by atoms with Gasteiger partial charge in [0.1, 0.15) is 5.78 Å². The van der Waals surface area contributed by atoms with E-state index in [0.717, 1.165) is 12.8 Å². The van der Waals surface area contributed by atoms with E-state index in [1.165, 1.54) is 6.42 Å². The lowest BCUT2D eigenvalue weighted by atomic mass is 9.93. The van der Waals surface area contributed by atoms with Gasteiger partial charge in [0.2, 0.25) is 0 Å². The predicted molar refractivity (Wildman–Crippen MR) is 41.3 cm³/mol. The van der Waals surface area contributed by atoms with Crippen molar-refractivity contribution in [3.8, 4) is 0 Å². The van der Waals surface area contributed by atoms with Gasteiger partial charge in [-0.15, -0.1) is 0 Å². The average Bonchev–Trinajstić information content (AvgIpc) is 2.34. The summed E-state index contributed by atoms with van der Waals surface area (Å²) in [5.74, 6) is 0.692. The van der Waals surface area contributed by atoms with Gasteiger partial charge in [0, 0.05) is 12.3 Å². The molecule has 0 N–H and O–H groups in total. The van der Waals surface area contributed by atoms with Gasteiger partial charge in [-0.05, 0) is 19.8 Å². The second-order valence-electron chi connectivity index (χ2n) is 3.69. The van der Waals surface area contributed by atoms with Gasteiger partial charge in [0.05, 0.1) is 12.2 Å². The van der Waals surface area contributed by atoms with E-state index >= 15 is 0 Å². The van der Waals surface area contributed by atoms with Crippen LogP contribution in [0.3, 0.4) is 0 Å². The van der Waals surface area contributed by atoms with Gasteiger partial charge in [-0.1, -0.05) is 6.42 Å². The van der Waals surface area contributed by atoms with Crippen LogP contribution in [0.2, 0.25) is 0 Å². The van der Waals surface area contributed by atoms with Gasteiger partial charge in [0.25, 0.3) is 0 Å².